The molecule has 2 aromatic rings. The Morgan fingerprint density at radius 2 is 1.67 bits per heavy atom. The fourth-order valence-corrected chi connectivity index (χ4v) is 4.35. The fraction of sp³-hybridized carbons (Fsp3) is 0.263. The van der Waals surface area contributed by atoms with E-state index in [1.165, 1.54) is 0 Å². The summed E-state index contributed by atoms with van der Waals surface area (Å²) < 4.78 is 33.3. The van der Waals surface area contributed by atoms with Crippen molar-refractivity contribution in [1.82, 2.24) is 5.32 Å². The Bertz CT molecular complexity index is 909. The summed E-state index contributed by atoms with van der Waals surface area (Å²) in [5, 5.41) is 2.56. The lowest BCUT2D eigenvalue weighted by molar-refractivity contribution is -0.124. The number of carbonyl (C=O) groups is 2. The number of nitrogens with one attached hydrogen (secondary N) is 1. The SMILES string of the molecule is O=C(COC(=O)c1ccc(Oc2ccccc2)cc1)N[C@H]1CCS(=O)(=O)C1. The highest BCUT2D eigenvalue weighted by Crippen LogP contribution is 2.21. The number of sulfone groups is 1. The first kappa shape index (κ1) is 18.9. The van der Waals surface area contributed by atoms with Crippen LogP contribution in [0.3, 0.4) is 0 Å². The highest BCUT2D eigenvalue weighted by atomic mass is 32.2. The number of benzene rings is 2. The summed E-state index contributed by atoms with van der Waals surface area (Å²) >= 11 is 0. The van der Waals surface area contributed by atoms with Crippen LogP contribution < -0.4 is 10.1 Å². The van der Waals surface area contributed by atoms with E-state index in [1.54, 1.807) is 24.3 Å². The van der Waals surface area contributed by atoms with Crippen LogP contribution in [0, 0.1) is 0 Å². The fourth-order valence-electron chi connectivity index (χ4n) is 2.68. The molecule has 1 aliphatic heterocycles. The Morgan fingerprint density at radius 1 is 1.00 bits per heavy atom. The summed E-state index contributed by atoms with van der Waals surface area (Å²) in [4.78, 5) is 23.8. The van der Waals surface area contributed by atoms with Crippen LogP contribution in [0.25, 0.3) is 0 Å². The summed E-state index contributed by atoms with van der Waals surface area (Å²) in [6, 6.07) is 15.2. The molecule has 142 valence electrons. The van der Waals surface area contributed by atoms with Crippen molar-refractivity contribution >= 4 is 21.7 Å². The summed E-state index contributed by atoms with van der Waals surface area (Å²) in [5.41, 5.74) is 0.284. The van der Waals surface area contributed by atoms with Gasteiger partial charge in [0, 0.05) is 6.04 Å². The van der Waals surface area contributed by atoms with Crippen molar-refractivity contribution in [2.45, 2.75) is 12.5 Å². The van der Waals surface area contributed by atoms with Crippen molar-refractivity contribution < 1.29 is 27.5 Å². The van der Waals surface area contributed by atoms with Crippen molar-refractivity contribution in [3.05, 3.63) is 60.2 Å². The molecule has 0 aliphatic carbocycles. The van der Waals surface area contributed by atoms with E-state index in [2.05, 4.69) is 5.32 Å². The summed E-state index contributed by atoms with van der Waals surface area (Å²) in [7, 11) is -3.08. The van der Waals surface area contributed by atoms with Gasteiger partial charge in [0.05, 0.1) is 17.1 Å². The third-order valence-electron chi connectivity index (χ3n) is 4.00. The highest BCUT2D eigenvalue weighted by Gasteiger charge is 2.29. The Balaban J connectivity index is 1.47. The lowest BCUT2D eigenvalue weighted by Crippen LogP contribution is -2.38. The Hall–Kier alpha value is -2.87. The van der Waals surface area contributed by atoms with Gasteiger partial charge in [-0.2, -0.15) is 0 Å². The van der Waals surface area contributed by atoms with Crippen LogP contribution in [0.1, 0.15) is 16.8 Å². The van der Waals surface area contributed by atoms with Gasteiger partial charge in [0.15, 0.2) is 16.4 Å². The predicted octanol–water partition coefficient (Wildman–Crippen LogP) is 1.94. The number of carbonyl (C=O) groups excluding carboxylic acids is 2. The molecule has 1 fully saturated rings. The molecular formula is C19H19NO6S. The van der Waals surface area contributed by atoms with Gasteiger partial charge in [0.25, 0.3) is 5.91 Å². The number of para-hydroxylation sites is 1. The number of rotatable bonds is 6. The van der Waals surface area contributed by atoms with Crippen molar-refractivity contribution in [3.63, 3.8) is 0 Å². The van der Waals surface area contributed by atoms with Crippen molar-refractivity contribution in [3.8, 4) is 11.5 Å². The van der Waals surface area contributed by atoms with Crippen LogP contribution in [0.4, 0.5) is 0 Å². The number of esters is 1. The van der Waals surface area contributed by atoms with Crippen LogP contribution in [0.2, 0.25) is 0 Å². The molecule has 1 atom stereocenters. The lowest BCUT2D eigenvalue weighted by Gasteiger charge is -2.11. The molecule has 8 heteroatoms. The average Bonchev–Trinajstić information content (AvgIpc) is 2.99. The molecule has 1 N–H and O–H groups in total. The molecule has 0 aromatic heterocycles. The maximum Gasteiger partial charge on any atom is 0.338 e. The molecule has 2 aromatic carbocycles. The van der Waals surface area contributed by atoms with Gasteiger partial charge < -0.3 is 14.8 Å². The van der Waals surface area contributed by atoms with Crippen LogP contribution in [-0.2, 0) is 19.4 Å². The summed E-state index contributed by atoms with van der Waals surface area (Å²) in [6.45, 7) is -0.461. The zero-order valence-corrected chi connectivity index (χ0v) is 15.3. The highest BCUT2D eigenvalue weighted by molar-refractivity contribution is 7.91. The van der Waals surface area contributed by atoms with E-state index in [0.29, 0.717) is 17.9 Å². The van der Waals surface area contributed by atoms with Gasteiger partial charge in [0.1, 0.15) is 11.5 Å². The van der Waals surface area contributed by atoms with E-state index in [9.17, 15) is 18.0 Å². The van der Waals surface area contributed by atoms with E-state index in [0.717, 1.165) is 0 Å². The van der Waals surface area contributed by atoms with E-state index in [-0.39, 0.29) is 17.1 Å². The molecule has 1 heterocycles. The van der Waals surface area contributed by atoms with Gasteiger partial charge >= 0.3 is 5.97 Å². The normalized spacial score (nSPS) is 17.9. The molecule has 0 unspecified atom stereocenters. The first-order valence-electron chi connectivity index (χ1n) is 8.41. The van der Waals surface area contributed by atoms with Crippen LogP contribution in [0.15, 0.2) is 54.6 Å². The van der Waals surface area contributed by atoms with E-state index in [4.69, 9.17) is 9.47 Å². The largest absolute Gasteiger partial charge is 0.457 e. The summed E-state index contributed by atoms with van der Waals surface area (Å²) in [6.07, 6.45) is 0.380. The van der Waals surface area contributed by atoms with Gasteiger partial charge in [-0.25, -0.2) is 13.2 Å². The minimum absolute atomic E-state index is 0.0646. The van der Waals surface area contributed by atoms with E-state index in [1.807, 2.05) is 30.3 Å². The molecule has 1 saturated heterocycles. The average molecular weight is 389 g/mol. The molecule has 3 rings (SSSR count). The van der Waals surface area contributed by atoms with Crippen molar-refractivity contribution in [2.24, 2.45) is 0 Å². The molecule has 0 spiro atoms. The third-order valence-corrected chi connectivity index (χ3v) is 5.77. The van der Waals surface area contributed by atoms with Crippen molar-refractivity contribution in [1.29, 1.82) is 0 Å². The number of ether oxygens (including phenoxy) is 2. The second kappa shape index (κ2) is 8.22. The number of hydrogen-bond donors (Lipinski definition) is 1. The Kier molecular flexibility index (Phi) is 5.75. The second-order valence-corrected chi connectivity index (χ2v) is 8.41. The van der Waals surface area contributed by atoms with Crippen molar-refractivity contribution in [2.75, 3.05) is 18.1 Å². The van der Waals surface area contributed by atoms with E-state index < -0.39 is 34.4 Å². The van der Waals surface area contributed by atoms with E-state index >= 15 is 0 Å². The zero-order valence-electron chi connectivity index (χ0n) is 14.5. The number of amides is 1. The smallest absolute Gasteiger partial charge is 0.338 e. The maximum absolute atomic E-state index is 12.0. The molecular weight excluding hydrogens is 370 g/mol. The number of hydrogen-bond acceptors (Lipinski definition) is 6. The molecule has 27 heavy (non-hydrogen) atoms. The topological polar surface area (TPSA) is 98.8 Å². The zero-order chi connectivity index (χ0) is 19.3. The molecule has 0 bridgehead atoms. The molecule has 1 aliphatic rings. The van der Waals surface area contributed by atoms with Crippen LogP contribution in [-0.4, -0.2) is 44.4 Å². The molecule has 1 amide bonds. The minimum atomic E-state index is -3.08. The predicted molar refractivity (Wildman–Crippen MR) is 98.4 cm³/mol. The first-order chi connectivity index (χ1) is 12.9. The first-order valence-corrected chi connectivity index (χ1v) is 10.2. The lowest BCUT2D eigenvalue weighted by atomic mass is 10.2. The maximum atomic E-state index is 12.0. The molecule has 0 saturated carbocycles. The molecule has 0 radical (unpaired) electrons. The molecule has 7 nitrogen and oxygen atoms in total. The van der Waals surface area contributed by atoms with Gasteiger partial charge in [0.2, 0.25) is 0 Å². The van der Waals surface area contributed by atoms with Crippen LogP contribution in [0.5, 0.6) is 11.5 Å². The Labute approximate surface area is 157 Å². The minimum Gasteiger partial charge on any atom is -0.457 e. The third kappa shape index (κ3) is 5.55. The summed E-state index contributed by atoms with van der Waals surface area (Å²) in [5.74, 6) is 0.0753. The second-order valence-electron chi connectivity index (χ2n) is 6.18. The van der Waals surface area contributed by atoms with Gasteiger partial charge in [-0.1, -0.05) is 18.2 Å². The van der Waals surface area contributed by atoms with Gasteiger partial charge in [-0.3, -0.25) is 4.79 Å². The monoisotopic (exact) mass is 389 g/mol. The standard InChI is InChI=1S/C19H19NO6S/c21-18(20-15-10-11-27(23,24)13-15)12-25-19(22)14-6-8-17(9-7-14)26-16-4-2-1-3-5-16/h1-9,15H,10-13H2,(H,20,21)/t15-/m0/s1. The quantitative estimate of drug-likeness (QED) is 0.758. The van der Waals surface area contributed by atoms with Crippen LogP contribution >= 0.6 is 0 Å². The van der Waals surface area contributed by atoms with Gasteiger partial charge in [-0.05, 0) is 42.8 Å². The Morgan fingerprint density at radius 3 is 2.30 bits per heavy atom. The van der Waals surface area contributed by atoms with Gasteiger partial charge in [-0.15, -0.1) is 0 Å².